The Balaban J connectivity index is 1.67. The molecule has 1 N–H and O–H groups in total. The minimum Gasteiger partial charge on any atom is -0.390 e. The Hall–Kier alpha value is -0.300. The SMILES string of the molecule is C=C1CC[C@@H]2CC[C@H]3[C@H](CC[C@@]4(C)[C@H]3CC[C@]4(C)O)[C@@]2(C)C1. The van der Waals surface area contributed by atoms with Crippen molar-refractivity contribution in [3.05, 3.63) is 12.2 Å². The standard InChI is InChI=1S/C21H34O/c1-14-5-6-15-7-8-16-17(19(15,2)13-14)9-11-20(3)18(16)10-12-21(20,4)22/h15-18,22H,1,5-13H2,2-4H3/t15-,16+,17+,18+,19+,20+,21+/m1/s1. The lowest BCUT2D eigenvalue weighted by molar-refractivity contribution is -0.141. The van der Waals surface area contributed by atoms with E-state index in [4.69, 9.17) is 0 Å². The van der Waals surface area contributed by atoms with Gasteiger partial charge in [0.25, 0.3) is 0 Å². The summed E-state index contributed by atoms with van der Waals surface area (Å²) in [5, 5.41) is 11.0. The third-order valence-corrected chi connectivity index (χ3v) is 9.10. The molecule has 1 heteroatoms. The minimum atomic E-state index is -0.434. The zero-order valence-electron chi connectivity index (χ0n) is 14.8. The van der Waals surface area contributed by atoms with Crippen molar-refractivity contribution in [1.29, 1.82) is 0 Å². The van der Waals surface area contributed by atoms with Gasteiger partial charge in [0.15, 0.2) is 0 Å². The molecule has 0 heterocycles. The summed E-state index contributed by atoms with van der Waals surface area (Å²) in [7, 11) is 0. The van der Waals surface area contributed by atoms with E-state index in [9.17, 15) is 5.11 Å². The Morgan fingerprint density at radius 3 is 2.45 bits per heavy atom. The summed E-state index contributed by atoms with van der Waals surface area (Å²) in [6.45, 7) is 11.5. The van der Waals surface area contributed by atoms with E-state index in [-0.39, 0.29) is 5.41 Å². The summed E-state index contributed by atoms with van der Waals surface area (Å²) >= 11 is 0. The van der Waals surface area contributed by atoms with Crippen LogP contribution in [0.25, 0.3) is 0 Å². The summed E-state index contributed by atoms with van der Waals surface area (Å²) in [6, 6.07) is 0. The van der Waals surface area contributed by atoms with E-state index in [1.165, 1.54) is 56.9 Å². The smallest absolute Gasteiger partial charge is 0.0675 e. The average Bonchev–Trinajstić information content (AvgIpc) is 2.68. The van der Waals surface area contributed by atoms with Gasteiger partial charge >= 0.3 is 0 Å². The Labute approximate surface area is 136 Å². The van der Waals surface area contributed by atoms with Crippen LogP contribution in [0.5, 0.6) is 0 Å². The topological polar surface area (TPSA) is 20.2 Å². The molecule has 4 aliphatic rings. The largest absolute Gasteiger partial charge is 0.390 e. The van der Waals surface area contributed by atoms with Crippen LogP contribution in [0.3, 0.4) is 0 Å². The lowest BCUT2D eigenvalue weighted by atomic mass is 9.44. The van der Waals surface area contributed by atoms with Gasteiger partial charge in [0.2, 0.25) is 0 Å². The fourth-order valence-corrected chi connectivity index (χ4v) is 7.53. The Bertz CT molecular complexity index is 492. The van der Waals surface area contributed by atoms with Crippen molar-refractivity contribution in [3.8, 4) is 0 Å². The van der Waals surface area contributed by atoms with Crippen LogP contribution in [0.2, 0.25) is 0 Å². The quantitative estimate of drug-likeness (QED) is 0.599. The number of rotatable bonds is 0. The highest BCUT2D eigenvalue weighted by Crippen LogP contribution is 2.68. The lowest BCUT2D eigenvalue weighted by Crippen LogP contribution is -2.55. The van der Waals surface area contributed by atoms with E-state index in [2.05, 4.69) is 27.4 Å². The van der Waals surface area contributed by atoms with Crippen LogP contribution in [-0.2, 0) is 0 Å². The first kappa shape index (κ1) is 15.2. The molecule has 0 aromatic heterocycles. The monoisotopic (exact) mass is 302 g/mol. The molecular weight excluding hydrogens is 268 g/mol. The normalized spacial score (nSPS) is 57.9. The number of allylic oxidation sites excluding steroid dienone is 1. The highest BCUT2D eigenvalue weighted by Gasteiger charge is 2.62. The predicted molar refractivity (Wildman–Crippen MR) is 91.5 cm³/mol. The number of hydrogen-bond acceptors (Lipinski definition) is 1. The third-order valence-electron chi connectivity index (χ3n) is 9.10. The molecule has 0 unspecified atom stereocenters. The fourth-order valence-electron chi connectivity index (χ4n) is 7.53. The number of fused-ring (bicyclic) bond motifs is 5. The summed E-state index contributed by atoms with van der Waals surface area (Å²) in [5.74, 6) is 3.44. The molecule has 0 aromatic rings. The summed E-state index contributed by atoms with van der Waals surface area (Å²) in [6.07, 6.45) is 11.6. The summed E-state index contributed by atoms with van der Waals surface area (Å²) < 4.78 is 0. The van der Waals surface area contributed by atoms with Crippen LogP contribution in [0.1, 0.15) is 78.6 Å². The van der Waals surface area contributed by atoms with Crippen LogP contribution < -0.4 is 0 Å². The van der Waals surface area contributed by atoms with Crippen molar-refractivity contribution in [1.82, 2.24) is 0 Å². The Morgan fingerprint density at radius 2 is 1.68 bits per heavy atom. The Morgan fingerprint density at radius 1 is 0.955 bits per heavy atom. The average molecular weight is 303 g/mol. The molecule has 0 aromatic carbocycles. The molecule has 7 atom stereocenters. The minimum absolute atomic E-state index is 0.170. The van der Waals surface area contributed by atoms with Crippen LogP contribution in [-0.4, -0.2) is 10.7 Å². The van der Waals surface area contributed by atoms with Gasteiger partial charge in [-0.15, -0.1) is 0 Å². The summed E-state index contributed by atoms with van der Waals surface area (Å²) in [4.78, 5) is 0. The highest BCUT2D eigenvalue weighted by atomic mass is 16.3. The van der Waals surface area contributed by atoms with Crippen LogP contribution in [0, 0.1) is 34.5 Å². The van der Waals surface area contributed by atoms with E-state index in [1.54, 1.807) is 0 Å². The highest BCUT2D eigenvalue weighted by molar-refractivity contribution is 5.16. The van der Waals surface area contributed by atoms with E-state index in [0.717, 1.165) is 30.1 Å². The molecule has 0 amide bonds. The van der Waals surface area contributed by atoms with Gasteiger partial charge in [-0.1, -0.05) is 26.0 Å². The first-order valence-electron chi connectivity index (χ1n) is 9.67. The van der Waals surface area contributed by atoms with Crippen molar-refractivity contribution in [3.63, 3.8) is 0 Å². The van der Waals surface area contributed by atoms with Crippen molar-refractivity contribution in [2.75, 3.05) is 0 Å². The molecule has 0 aliphatic heterocycles. The summed E-state index contributed by atoms with van der Waals surface area (Å²) in [5.41, 5.74) is 1.75. The van der Waals surface area contributed by atoms with Gasteiger partial charge in [-0.3, -0.25) is 0 Å². The molecule has 22 heavy (non-hydrogen) atoms. The second-order valence-electron chi connectivity index (χ2n) is 9.89. The van der Waals surface area contributed by atoms with Crippen molar-refractivity contribution < 1.29 is 5.11 Å². The maximum atomic E-state index is 11.0. The zero-order chi connectivity index (χ0) is 15.8. The van der Waals surface area contributed by atoms with Gasteiger partial charge in [0.1, 0.15) is 0 Å². The molecule has 4 fully saturated rings. The second kappa shape index (κ2) is 4.62. The van der Waals surface area contributed by atoms with Gasteiger partial charge < -0.3 is 5.11 Å². The second-order valence-corrected chi connectivity index (χ2v) is 9.89. The molecule has 1 nitrogen and oxygen atoms in total. The molecule has 124 valence electrons. The molecule has 0 radical (unpaired) electrons. The molecule has 0 spiro atoms. The first-order chi connectivity index (χ1) is 10.3. The maximum absolute atomic E-state index is 11.0. The van der Waals surface area contributed by atoms with Crippen molar-refractivity contribution >= 4 is 0 Å². The van der Waals surface area contributed by atoms with E-state index < -0.39 is 5.60 Å². The third kappa shape index (κ3) is 1.81. The first-order valence-corrected chi connectivity index (χ1v) is 9.67. The fraction of sp³-hybridized carbons (Fsp3) is 0.905. The van der Waals surface area contributed by atoms with Crippen LogP contribution in [0.15, 0.2) is 12.2 Å². The predicted octanol–water partition coefficient (Wildman–Crippen LogP) is 5.34. The van der Waals surface area contributed by atoms with E-state index >= 15 is 0 Å². The van der Waals surface area contributed by atoms with Gasteiger partial charge in [0.05, 0.1) is 5.60 Å². The van der Waals surface area contributed by atoms with Gasteiger partial charge in [-0.05, 0) is 99.2 Å². The molecule has 0 saturated heterocycles. The van der Waals surface area contributed by atoms with Crippen LogP contribution >= 0.6 is 0 Å². The maximum Gasteiger partial charge on any atom is 0.0675 e. The van der Waals surface area contributed by atoms with Gasteiger partial charge in [0, 0.05) is 0 Å². The molecule has 4 saturated carbocycles. The number of aliphatic hydroxyl groups is 1. The Kier molecular flexibility index (Phi) is 3.20. The van der Waals surface area contributed by atoms with Gasteiger partial charge in [-0.25, -0.2) is 0 Å². The lowest BCUT2D eigenvalue weighted by Gasteiger charge is -2.61. The van der Waals surface area contributed by atoms with E-state index in [0.29, 0.717) is 5.41 Å². The van der Waals surface area contributed by atoms with Crippen LogP contribution in [0.4, 0.5) is 0 Å². The van der Waals surface area contributed by atoms with Crippen molar-refractivity contribution in [2.24, 2.45) is 34.5 Å². The molecule has 4 rings (SSSR count). The molecule has 0 bridgehead atoms. The van der Waals surface area contributed by atoms with E-state index in [1.807, 2.05) is 0 Å². The van der Waals surface area contributed by atoms with Crippen molar-refractivity contribution in [2.45, 2.75) is 84.2 Å². The zero-order valence-corrected chi connectivity index (χ0v) is 14.8. The number of hydrogen-bond donors (Lipinski definition) is 1. The molecular formula is C21H34O. The molecule has 4 aliphatic carbocycles. The van der Waals surface area contributed by atoms with Gasteiger partial charge in [-0.2, -0.15) is 0 Å².